The summed E-state index contributed by atoms with van der Waals surface area (Å²) < 4.78 is 5.30. The van der Waals surface area contributed by atoms with Gasteiger partial charge in [-0.25, -0.2) is 20.4 Å². The lowest BCUT2D eigenvalue weighted by Gasteiger charge is -2.05. The average Bonchev–Trinajstić information content (AvgIpc) is 2.57. The third-order valence-corrected chi connectivity index (χ3v) is 2.07. The summed E-state index contributed by atoms with van der Waals surface area (Å²) in [5.74, 6) is 5.36. The van der Waals surface area contributed by atoms with E-state index in [0.29, 0.717) is 17.9 Å². The Morgan fingerprint density at radius 1 is 1.33 bits per heavy atom. The van der Waals surface area contributed by atoms with Gasteiger partial charge in [-0.3, -0.25) is 10.8 Å². The van der Waals surface area contributed by atoms with Crippen LogP contribution in [0.2, 0.25) is 0 Å². The molecule has 0 saturated heterocycles. The minimum absolute atomic E-state index is 0.133. The predicted octanol–water partition coefficient (Wildman–Crippen LogP) is 0.227. The quantitative estimate of drug-likeness (QED) is 0.129. The van der Waals surface area contributed by atoms with Gasteiger partial charge in [-0.15, -0.1) is 6.42 Å². The molecule has 9 nitrogen and oxygen atoms in total. The first kappa shape index (κ1) is 20.4. The van der Waals surface area contributed by atoms with E-state index in [-0.39, 0.29) is 12.6 Å². The van der Waals surface area contributed by atoms with Gasteiger partial charge in [0.1, 0.15) is 12.4 Å². The van der Waals surface area contributed by atoms with E-state index in [2.05, 4.69) is 16.3 Å². The largest absolute Gasteiger partial charge is 0.480 e. The molecule has 0 aliphatic heterocycles. The van der Waals surface area contributed by atoms with Crippen LogP contribution in [0.5, 0.6) is 5.75 Å². The normalized spacial score (nSPS) is 9.67. The van der Waals surface area contributed by atoms with Crippen molar-refractivity contribution in [3.8, 4) is 18.1 Å². The number of terminal acetylenes is 1. The smallest absolute Gasteiger partial charge is 0.328 e. The Morgan fingerprint density at radius 3 is 2.42 bits per heavy atom. The average molecular weight is 332 g/mol. The zero-order valence-corrected chi connectivity index (χ0v) is 12.5. The molecule has 0 spiro atoms. The molecule has 0 saturated carbocycles. The number of hydrazine groups is 1. The van der Waals surface area contributed by atoms with E-state index >= 15 is 0 Å². The summed E-state index contributed by atoms with van der Waals surface area (Å²) in [4.78, 5) is 22.9. The third kappa shape index (κ3) is 10.1. The molecule has 0 radical (unpaired) electrons. The Balaban J connectivity index is 0.000000561. The van der Waals surface area contributed by atoms with Crippen LogP contribution in [0.1, 0.15) is 5.56 Å². The number of nitrogens with two attached hydrogens (primary N) is 1. The van der Waals surface area contributed by atoms with Crippen molar-refractivity contribution in [2.45, 2.75) is 0 Å². The number of aliphatic imine (C=N–C) groups is 1. The lowest BCUT2D eigenvalue weighted by atomic mass is 10.2. The molecule has 0 aliphatic rings. The maximum absolute atomic E-state index is 9.55. The number of hydrogen-bond acceptors (Lipinski definition) is 5. The van der Waals surface area contributed by atoms with Gasteiger partial charge in [0, 0.05) is 23.9 Å². The molecule has 1 aromatic carbocycles. The summed E-state index contributed by atoms with van der Waals surface area (Å²) in [7, 11) is 0. The predicted molar refractivity (Wildman–Crippen MR) is 87.8 cm³/mol. The molecule has 0 bridgehead atoms. The molecule has 0 aromatic heterocycles. The van der Waals surface area contributed by atoms with Gasteiger partial charge in [-0.2, -0.15) is 0 Å². The second kappa shape index (κ2) is 12.0. The Labute approximate surface area is 137 Å². The minimum Gasteiger partial charge on any atom is -0.480 e. The Morgan fingerprint density at radius 2 is 1.92 bits per heavy atom. The van der Waals surface area contributed by atoms with Crippen LogP contribution in [-0.2, 0) is 9.59 Å². The van der Waals surface area contributed by atoms with Crippen molar-refractivity contribution in [3.63, 3.8) is 0 Å². The molecule has 1 aromatic rings. The van der Waals surface area contributed by atoms with Crippen LogP contribution in [0.15, 0.2) is 41.4 Å². The first-order chi connectivity index (χ1) is 11.4. The van der Waals surface area contributed by atoms with Gasteiger partial charge in [0.25, 0.3) is 0 Å². The number of carboxylic acids is 2. The SMILES string of the molecule is C#CCOc1ccccc1C=NC(=N)NN.O=C(O)/C=C\C(=O)O. The molecule has 126 valence electrons. The number of carboxylic acid groups (broad SMARTS) is 2. The molecule has 0 atom stereocenters. The van der Waals surface area contributed by atoms with Crippen LogP contribution in [0.3, 0.4) is 0 Å². The topological polar surface area (TPSA) is 158 Å². The number of nitrogens with zero attached hydrogens (tertiary/aromatic N) is 1. The second-order valence-corrected chi connectivity index (χ2v) is 3.79. The van der Waals surface area contributed by atoms with E-state index in [9.17, 15) is 9.59 Å². The van der Waals surface area contributed by atoms with Crippen molar-refractivity contribution in [1.82, 2.24) is 5.43 Å². The number of nitrogens with one attached hydrogen (secondary N) is 2. The van der Waals surface area contributed by atoms with Crippen molar-refractivity contribution in [2.75, 3.05) is 6.61 Å². The fourth-order valence-corrected chi connectivity index (χ4v) is 1.15. The fourth-order valence-electron chi connectivity index (χ4n) is 1.15. The van der Waals surface area contributed by atoms with E-state index in [1.807, 2.05) is 12.1 Å². The molecule has 0 heterocycles. The van der Waals surface area contributed by atoms with Gasteiger partial charge >= 0.3 is 11.9 Å². The van der Waals surface area contributed by atoms with Gasteiger partial charge in [0.05, 0.1) is 0 Å². The summed E-state index contributed by atoms with van der Waals surface area (Å²) in [5.41, 5.74) is 2.84. The van der Waals surface area contributed by atoms with Crippen LogP contribution < -0.4 is 16.0 Å². The van der Waals surface area contributed by atoms with Gasteiger partial charge in [0.15, 0.2) is 0 Å². The van der Waals surface area contributed by atoms with Gasteiger partial charge in [0.2, 0.25) is 5.96 Å². The number of aliphatic carboxylic acids is 2. The van der Waals surface area contributed by atoms with Crippen molar-refractivity contribution in [1.29, 1.82) is 5.41 Å². The standard InChI is InChI=1S/C11H12N4O.C4H4O4/c1-2-7-16-10-6-4-3-5-9(10)8-14-11(12)15-13;5-3(6)1-2-4(7)8/h1,3-6,8H,7,13H2,(H2,12,15);1-2H,(H,5,6)(H,7,8)/b;2-1-. The number of guanidine groups is 1. The summed E-state index contributed by atoms with van der Waals surface area (Å²) >= 11 is 0. The number of benzene rings is 1. The van der Waals surface area contributed by atoms with Crippen LogP contribution in [-0.4, -0.2) is 40.9 Å². The third-order valence-electron chi connectivity index (χ3n) is 2.07. The Hall–Kier alpha value is -3.64. The molecule has 0 fully saturated rings. The Kier molecular flexibility index (Phi) is 10.1. The molecule has 0 amide bonds. The van der Waals surface area contributed by atoms with Gasteiger partial charge in [-0.1, -0.05) is 18.1 Å². The zero-order chi connectivity index (χ0) is 18.4. The lowest BCUT2D eigenvalue weighted by Crippen LogP contribution is -2.27. The van der Waals surface area contributed by atoms with Crippen molar-refractivity contribution in [2.24, 2.45) is 10.8 Å². The molecule has 6 N–H and O–H groups in total. The van der Waals surface area contributed by atoms with Crippen LogP contribution in [0, 0.1) is 17.8 Å². The van der Waals surface area contributed by atoms with Crippen molar-refractivity contribution < 1.29 is 24.5 Å². The summed E-state index contributed by atoms with van der Waals surface area (Å²) in [6, 6.07) is 7.25. The number of carbonyl (C=O) groups is 2. The highest BCUT2D eigenvalue weighted by molar-refractivity contribution is 5.93. The summed E-state index contributed by atoms with van der Waals surface area (Å²) in [6.07, 6.45) is 7.70. The van der Waals surface area contributed by atoms with E-state index in [4.69, 9.17) is 32.6 Å². The number of para-hydroxylation sites is 1. The highest BCUT2D eigenvalue weighted by atomic mass is 16.5. The van der Waals surface area contributed by atoms with Crippen LogP contribution in [0.25, 0.3) is 0 Å². The maximum Gasteiger partial charge on any atom is 0.328 e. The second-order valence-electron chi connectivity index (χ2n) is 3.79. The van der Waals surface area contributed by atoms with Gasteiger partial charge in [-0.05, 0) is 12.1 Å². The number of rotatable bonds is 5. The first-order valence-corrected chi connectivity index (χ1v) is 6.29. The summed E-state index contributed by atoms with van der Waals surface area (Å²) in [6.45, 7) is 0.192. The van der Waals surface area contributed by atoms with E-state index in [1.54, 1.807) is 12.1 Å². The number of ether oxygens (including phenoxy) is 1. The van der Waals surface area contributed by atoms with E-state index in [0.717, 1.165) is 5.56 Å². The highest BCUT2D eigenvalue weighted by Crippen LogP contribution is 2.15. The highest BCUT2D eigenvalue weighted by Gasteiger charge is 1.99. The van der Waals surface area contributed by atoms with Gasteiger partial charge < -0.3 is 14.9 Å². The first-order valence-electron chi connectivity index (χ1n) is 6.29. The van der Waals surface area contributed by atoms with Crippen LogP contribution >= 0.6 is 0 Å². The molecular weight excluding hydrogens is 316 g/mol. The van der Waals surface area contributed by atoms with Crippen LogP contribution in [0.4, 0.5) is 0 Å². The molecule has 0 aliphatic carbocycles. The molecule has 9 heteroatoms. The maximum atomic E-state index is 9.55. The zero-order valence-electron chi connectivity index (χ0n) is 12.5. The summed E-state index contributed by atoms with van der Waals surface area (Å²) in [5, 5.41) is 22.8. The van der Waals surface area contributed by atoms with Crippen molar-refractivity contribution >= 4 is 24.1 Å². The van der Waals surface area contributed by atoms with Crippen molar-refractivity contribution in [3.05, 3.63) is 42.0 Å². The molecule has 24 heavy (non-hydrogen) atoms. The minimum atomic E-state index is -1.26. The number of hydrogen-bond donors (Lipinski definition) is 5. The molecular formula is C15H16N4O5. The van der Waals surface area contributed by atoms with E-state index < -0.39 is 11.9 Å². The van der Waals surface area contributed by atoms with E-state index in [1.165, 1.54) is 6.21 Å². The fraction of sp³-hybridized carbons (Fsp3) is 0.0667. The Bertz CT molecular complexity index is 661. The lowest BCUT2D eigenvalue weighted by molar-refractivity contribution is -0.134. The monoisotopic (exact) mass is 332 g/mol. The molecule has 0 unspecified atom stereocenters. The molecule has 1 rings (SSSR count).